The fraction of sp³-hybridized carbons (Fsp3) is 0.222. The minimum Gasteiger partial charge on any atom is -0.493 e. The second kappa shape index (κ2) is 7.29. The number of carbonyl (C=O) groups is 1. The number of nitrogens with zero attached hydrogens (tertiary/aromatic N) is 1. The maximum Gasteiger partial charge on any atom is 0.314 e. The summed E-state index contributed by atoms with van der Waals surface area (Å²) in [5, 5.41) is 3.91. The van der Waals surface area contributed by atoms with Gasteiger partial charge in [-0.2, -0.15) is 5.10 Å². The zero-order valence-electron chi connectivity index (χ0n) is 13.5. The molecule has 2 aromatic carbocycles. The van der Waals surface area contributed by atoms with E-state index >= 15 is 0 Å². The summed E-state index contributed by atoms with van der Waals surface area (Å²) < 4.78 is 36.9. The van der Waals surface area contributed by atoms with Crippen LogP contribution in [0, 0.1) is 17.6 Å². The SMILES string of the molecule is COc1cc(/C=N\Nc2ccc(F)cc2F)ccc1OC(=O)C1CC1. The van der Waals surface area contributed by atoms with Gasteiger partial charge in [0.05, 0.1) is 24.9 Å². The average Bonchev–Trinajstić information content (AvgIpc) is 3.43. The van der Waals surface area contributed by atoms with E-state index in [4.69, 9.17) is 9.47 Å². The molecule has 0 aliphatic heterocycles. The Morgan fingerprint density at radius 3 is 2.68 bits per heavy atom. The van der Waals surface area contributed by atoms with Crippen molar-refractivity contribution in [2.75, 3.05) is 12.5 Å². The first kappa shape index (κ1) is 16.9. The first-order chi connectivity index (χ1) is 12.1. The standard InChI is InChI=1S/C18H16F2N2O3/c1-24-17-8-11(2-7-16(17)25-18(23)12-3-4-12)10-21-22-15-6-5-13(19)9-14(15)20/h2,5-10,12,22H,3-4H2,1H3/b21-10-. The van der Waals surface area contributed by atoms with Crippen LogP contribution in [0.3, 0.4) is 0 Å². The molecule has 2 aromatic rings. The zero-order valence-corrected chi connectivity index (χ0v) is 13.5. The molecule has 0 heterocycles. The zero-order chi connectivity index (χ0) is 17.8. The third-order valence-electron chi connectivity index (χ3n) is 3.64. The van der Waals surface area contributed by atoms with Crippen LogP contribution in [0.25, 0.3) is 0 Å². The molecule has 130 valence electrons. The summed E-state index contributed by atoms with van der Waals surface area (Å²) in [5.41, 5.74) is 3.20. The summed E-state index contributed by atoms with van der Waals surface area (Å²) in [6, 6.07) is 8.09. The second-order valence-electron chi connectivity index (χ2n) is 5.60. The Balaban J connectivity index is 1.68. The molecule has 0 saturated heterocycles. The number of anilines is 1. The Kier molecular flexibility index (Phi) is 4.92. The van der Waals surface area contributed by atoms with Gasteiger partial charge in [0.1, 0.15) is 5.82 Å². The highest BCUT2D eigenvalue weighted by Gasteiger charge is 2.32. The van der Waals surface area contributed by atoms with Crippen molar-refractivity contribution in [3.63, 3.8) is 0 Å². The predicted octanol–water partition coefficient (Wildman–Crippen LogP) is 3.73. The molecule has 0 atom stereocenters. The summed E-state index contributed by atoms with van der Waals surface area (Å²) in [6.07, 6.45) is 3.16. The van der Waals surface area contributed by atoms with Crippen LogP contribution in [0.5, 0.6) is 11.5 Å². The molecule has 3 rings (SSSR count). The van der Waals surface area contributed by atoms with E-state index in [0.29, 0.717) is 17.1 Å². The van der Waals surface area contributed by atoms with Gasteiger partial charge in [0.25, 0.3) is 0 Å². The molecule has 0 unspecified atom stereocenters. The maximum absolute atomic E-state index is 13.5. The van der Waals surface area contributed by atoms with Crippen molar-refractivity contribution in [1.29, 1.82) is 0 Å². The monoisotopic (exact) mass is 346 g/mol. The van der Waals surface area contributed by atoms with E-state index in [1.807, 2.05) is 0 Å². The Bertz CT molecular complexity index is 820. The van der Waals surface area contributed by atoms with Crippen molar-refractivity contribution in [1.82, 2.24) is 0 Å². The highest BCUT2D eigenvalue weighted by molar-refractivity contribution is 5.83. The van der Waals surface area contributed by atoms with Crippen LogP contribution in [0.2, 0.25) is 0 Å². The van der Waals surface area contributed by atoms with Gasteiger partial charge in [0, 0.05) is 6.07 Å². The molecule has 1 N–H and O–H groups in total. The van der Waals surface area contributed by atoms with Crippen LogP contribution in [-0.2, 0) is 4.79 Å². The molecular weight excluding hydrogens is 330 g/mol. The van der Waals surface area contributed by atoms with Crippen LogP contribution in [-0.4, -0.2) is 19.3 Å². The van der Waals surface area contributed by atoms with E-state index in [-0.39, 0.29) is 17.6 Å². The van der Waals surface area contributed by atoms with Gasteiger partial charge in [0.2, 0.25) is 0 Å². The molecule has 0 amide bonds. The number of carbonyl (C=O) groups excluding carboxylic acids is 1. The Morgan fingerprint density at radius 2 is 2.00 bits per heavy atom. The number of rotatable bonds is 6. The first-order valence-corrected chi connectivity index (χ1v) is 7.70. The van der Waals surface area contributed by atoms with Gasteiger partial charge in [-0.3, -0.25) is 10.2 Å². The van der Waals surface area contributed by atoms with E-state index in [1.54, 1.807) is 18.2 Å². The minimum absolute atomic E-state index is 0.0132. The lowest BCUT2D eigenvalue weighted by Gasteiger charge is -2.09. The van der Waals surface area contributed by atoms with Crippen LogP contribution in [0.4, 0.5) is 14.5 Å². The van der Waals surface area contributed by atoms with Crippen LogP contribution in [0.15, 0.2) is 41.5 Å². The first-order valence-electron chi connectivity index (χ1n) is 7.70. The molecule has 0 spiro atoms. The molecule has 7 heteroatoms. The summed E-state index contributed by atoms with van der Waals surface area (Å²) in [7, 11) is 1.47. The topological polar surface area (TPSA) is 59.9 Å². The Morgan fingerprint density at radius 1 is 1.20 bits per heavy atom. The second-order valence-corrected chi connectivity index (χ2v) is 5.60. The molecular formula is C18H16F2N2O3. The van der Waals surface area contributed by atoms with Gasteiger partial charge in [-0.15, -0.1) is 0 Å². The molecule has 0 radical (unpaired) electrons. The molecule has 1 aliphatic rings. The van der Waals surface area contributed by atoms with Crippen molar-refractivity contribution in [3.8, 4) is 11.5 Å². The summed E-state index contributed by atoms with van der Waals surface area (Å²) in [5.74, 6) is -0.931. The number of halogens is 2. The van der Waals surface area contributed by atoms with E-state index in [2.05, 4.69) is 10.5 Å². The fourth-order valence-electron chi connectivity index (χ4n) is 2.12. The third kappa shape index (κ3) is 4.32. The molecule has 1 saturated carbocycles. The number of ether oxygens (including phenoxy) is 2. The normalized spacial score (nSPS) is 13.7. The molecule has 0 bridgehead atoms. The number of esters is 1. The van der Waals surface area contributed by atoms with Crippen molar-refractivity contribution in [2.45, 2.75) is 12.8 Å². The maximum atomic E-state index is 13.5. The van der Waals surface area contributed by atoms with E-state index < -0.39 is 11.6 Å². The van der Waals surface area contributed by atoms with Crippen molar-refractivity contribution >= 4 is 17.9 Å². The number of benzene rings is 2. The minimum atomic E-state index is -0.739. The van der Waals surface area contributed by atoms with Gasteiger partial charge >= 0.3 is 5.97 Å². The number of nitrogens with one attached hydrogen (secondary N) is 1. The molecule has 5 nitrogen and oxygen atoms in total. The Hall–Kier alpha value is -2.96. The van der Waals surface area contributed by atoms with E-state index in [9.17, 15) is 13.6 Å². The Labute approximate surface area is 143 Å². The quantitative estimate of drug-likeness (QED) is 0.375. The van der Waals surface area contributed by atoms with E-state index in [0.717, 1.165) is 25.0 Å². The smallest absolute Gasteiger partial charge is 0.314 e. The number of hydrazone groups is 1. The summed E-state index contributed by atoms with van der Waals surface area (Å²) >= 11 is 0. The van der Waals surface area contributed by atoms with Crippen LogP contribution >= 0.6 is 0 Å². The number of hydrogen-bond donors (Lipinski definition) is 1. The molecule has 1 aliphatic carbocycles. The lowest BCUT2D eigenvalue weighted by molar-refractivity contribution is -0.135. The van der Waals surface area contributed by atoms with Crippen LogP contribution < -0.4 is 14.9 Å². The van der Waals surface area contributed by atoms with E-state index in [1.165, 1.54) is 19.4 Å². The average molecular weight is 346 g/mol. The highest BCUT2D eigenvalue weighted by atomic mass is 19.1. The summed E-state index contributed by atoms with van der Waals surface area (Å²) in [6.45, 7) is 0. The predicted molar refractivity (Wildman–Crippen MR) is 88.9 cm³/mol. The van der Waals surface area contributed by atoms with Crippen LogP contribution in [0.1, 0.15) is 18.4 Å². The van der Waals surface area contributed by atoms with Crippen molar-refractivity contribution in [3.05, 3.63) is 53.6 Å². The molecule has 0 aromatic heterocycles. The molecule has 25 heavy (non-hydrogen) atoms. The lowest BCUT2D eigenvalue weighted by Crippen LogP contribution is -2.10. The lowest BCUT2D eigenvalue weighted by atomic mass is 10.2. The third-order valence-corrected chi connectivity index (χ3v) is 3.64. The van der Waals surface area contributed by atoms with Gasteiger partial charge < -0.3 is 9.47 Å². The van der Waals surface area contributed by atoms with Crippen molar-refractivity contribution in [2.24, 2.45) is 11.0 Å². The van der Waals surface area contributed by atoms with Gasteiger partial charge in [0.15, 0.2) is 17.3 Å². The largest absolute Gasteiger partial charge is 0.493 e. The van der Waals surface area contributed by atoms with Gasteiger partial charge in [-0.05, 0) is 48.7 Å². The number of hydrogen-bond acceptors (Lipinski definition) is 5. The van der Waals surface area contributed by atoms with Crippen molar-refractivity contribution < 1.29 is 23.0 Å². The molecule has 1 fully saturated rings. The number of methoxy groups -OCH3 is 1. The van der Waals surface area contributed by atoms with Gasteiger partial charge in [-0.25, -0.2) is 8.78 Å². The van der Waals surface area contributed by atoms with Gasteiger partial charge in [-0.1, -0.05) is 0 Å². The fourth-order valence-corrected chi connectivity index (χ4v) is 2.12. The summed E-state index contributed by atoms with van der Waals surface area (Å²) in [4.78, 5) is 11.7. The highest BCUT2D eigenvalue weighted by Crippen LogP contribution is 2.34.